The maximum atomic E-state index is 11.7. The Labute approximate surface area is 115 Å². The van der Waals surface area contributed by atoms with Crippen LogP contribution in [0.3, 0.4) is 0 Å². The highest BCUT2D eigenvalue weighted by Gasteiger charge is 2.33. The Balaban J connectivity index is 2.47. The van der Waals surface area contributed by atoms with Gasteiger partial charge in [0.2, 0.25) is 11.6 Å². The number of hydrogen-bond donors (Lipinski definition) is 1. The van der Waals surface area contributed by atoms with E-state index in [2.05, 4.69) is 5.32 Å². The van der Waals surface area contributed by atoms with Crippen LogP contribution >= 0.6 is 11.6 Å². The third-order valence-electron chi connectivity index (χ3n) is 2.78. The molecule has 2 rings (SSSR count). The number of carbonyl (C=O) groups is 2. The summed E-state index contributed by atoms with van der Waals surface area (Å²) in [6.07, 6.45) is 0. The van der Waals surface area contributed by atoms with Gasteiger partial charge in [-0.05, 0) is 19.1 Å². The minimum absolute atomic E-state index is 0.156. The molecule has 1 aromatic rings. The van der Waals surface area contributed by atoms with Crippen LogP contribution in [0.2, 0.25) is 0 Å². The summed E-state index contributed by atoms with van der Waals surface area (Å²) in [6.45, 7) is 1.54. The molecule has 0 heterocycles. The zero-order valence-corrected chi connectivity index (χ0v) is 11.2. The Kier molecular flexibility index (Phi) is 3.71. The molecule has 0 unspecified atom stereocenters. The standard InChI is InChI=1S/C14H12ClNO3/c1-8-12(17)13(18)10(15)11(14(8)19-2)16-9-6-4-3-5-7-9/h3-7,16H,1-2H3. The van der Waals surface area contributed by atoms with Gasteiger partial charge in [0.05, 0.1) is 7.11 Å². The number of anilines is 1. The van der Waals surface area contributed by atoms with Crippen LogP contribution < -0.4 is 5.32 Å². The second-order valence-electron chi connectivity index (χ2n) is 4.00. The lowest BCUT2D eigenvalue weighted by Gasteiger charge is -2.20. The first-order valence-electron chi connectivity index (χ1n) is 5.62. The average Bonchev–Trinajstić information content (AvgIpc) is 2.44. The monoisotopic (exact) mass is 277 g/mol. The molecule has 5 heteroatoms. The van der Waals surface area contributed by atoms with Gasteiger partial charge in [0.1, 0.15) is 10.7 Å². The van der Waals surface area contributed by atoms with Crippen molar-refractivity contribution >= 4 is 28.9 Å². The van der Waals surface area contributed by atoms with E-state index in [1.54, 1.807) is 0 Å². The third kappa shape index (κ3) is 2.39. The van der Waals surface area contributed by atoms with E-state index < -0.39 is 11.6 Å². The van der Waals surface area contributed by atoms with Crippen molar-refractivity contribution in [2.24, 2.45) is 0 Å². The lowest BCUT2D eigenvalue weighted by molar-refractivity contribution is -0.132. The first-order valence-corrected chi connectivity index (χ1v) is 6.00. The Hall–Kier alpha value is -2.07. The van der Waals surface area contributed by atoms with Crippen molar-refractivity contribution in [3.63, 3.8) is 0 Å². The lowest BCUT2D eigenvalue weighted by atomic mass is 9.99. The number of hydrogen-bond acceptors (Lipinski definition) is 4. The summed E-state index contributed by atoms with van der Waals surface area (Å²) in [5.74, 6) is -1.07. The number of benzene rings is 1. The van der Waals surface area contributed by atoms with Gasteiger partial charge in [0.25, 0.3) is 0 Å². The van der Waals surface area contributed by atoms with Gasteiger partial charge in [0, 0.05) is 11.3 Å². The van der Waals surface area contributed by atoms with E-state index in [4.69, 9.17) is 16.3 Å². The Bertz CT molecular complexity index is 602. The topological polar surface area (TPSA) is 55.4 Å². The molecular weight excluding hydrogens is 266 g/mol. The summed E-state index contributed by atoms with van der Waals surface area (Å²) in [7, 11) is 1.43. The molecule has 0 fully saturated rings. The SMILES string of the molecule is COC1=C(C)C(=O)C(=O)C(Cl)=C1Nc1ccccc1. The maximum Gasteiger partial charge on any atom is 0.246 e. The van der Waals surface area contributed by atoms with Crippen molar-refractivity contribution in [1.82, 2.24) is 0 Å². The summed E-state index contributed by atoms with van der Waals surface area (Å²) in [4.78, 5) is 23.4. The highest BCUT2D eigenvalue weighted by molar-refractivity contribution is 6.62. The van der Waals surface area contributed by atoms with Crippen LogP contribution in [0, 0.1) is 0 Å². The predicted octanol–water partition coefficient (Wildman–Crippen LogP) is 2.62. The number of ether oxygens (including phenoxy) is 1. The molecule has 1 aliphatic rings. The Morgan fingerprint density at radius 1 is 1.11 bits per heavy atom. The first kappa shape index (κ1) is 13.4. The van der Waals surface area contributed by atoms with Gasteiger partial charge < -0.3 is 10.1 Å². The summed E-state index contributed by atoms with van der Waals surface area (Å²) < 4.78 is 5.18. The first-order chi connectivity index (χ1) is 9.06. The van der Waals surface area contributed by atoms with Gasteiger partial charge in [-0.15, -0.1) is 0 Å². The maximum absolute atomic E-state index is 11.7. The summed E-state index contributed by atoms with van der Waals surface area (Å²) >= 11 is 5.95. The van der Waals surface area contributed by atoms with Crippen LogP contribution in [-0.4, -0.2) is 18.7 Å². The molecule has 0 spiro atoms. The fraction of sp³-hybridized carbons (Fsp3) is 0.143. The van der Waals surface area contributed by atoms with Crippen LogP contribution in [0.15, 0.2) is 52.4 Å². The molecule has 1 aliphatic carbocycles. The van der Waals surface area contributed by atoms with E-state index >= 15 is 0 Å². The molecule has 98 valence electrons. The number of rotatable bonds is 3. The largest absolute Gasteiger partial charge is 0.494 e. The van der Waals surface area contributed by atoms with Gasteiger partial charge >= 0.3 is 0 Å². The molecule has 0 saturated heterocycles. The van der Waals surface area contributed by atoms with Crippen LogP contribution in [-0.2, 0) is 14.3 Å². The van der Waals surface area contributed by atoms with Crippen LogP contribution in [0.5, 0.6) is 0 Å². The average molecular weight is 278 g/mol. The quantitative estimate of drug-likeness (QED) is 0.682. The molecule has 0 saturated carbocycles. The van der Waals surface area contributed by atoms with Gasteiger partial charge in [0.15, 0.2) is 5.76 Å². The lowest BCUT2D eigenvalue weighted by Crippen LogP contribution is -2.26. The van der Waals surface area contributed by atoms with Crippen LogP contribution in [0.1, 0.15) is 6.92 Å². The Morgan fingerprint density at radius 3 is 2.32 bits per heavy atom. The molecule has 0 aromatic heterocycles. The van der Waals surface area contributed by atoms with Crippen molar-refractivity contribution in [3.05, 3.63) is 52.4 Å². The van der Waals surface area contributed by atoms with Crippen molar-refractivity contribution in [3.8, 4) is 0 Å². The molecule has 1 N–H and O–H groups in total. The van der Waals surface area contributed by atoms with Crippen molar-refractivity contribution in [2.45, 2.75) is 6.92 Å². The number of ketones is 2. The van der Waals surface area contributed by atoms with Crippen molar-refractivity contribution in [2.75, 3.05) is 12.4 Å². The van der Waals surface area contributed by atoms with E-state index in [1.807, 2.05) is 30.3 Å². The second-order valence-corrected chi connectivity index (χ2v) is 4.37. The molecule has 0 amide bonds. The Morgan fingerprint density at radius 2 is 1.74 bits per heavy atom. The summed E-state index contributed by atoms with van der Waals surface area (Å²) in [5, 5.41) is 2.85. The predicted molar refractivity (Wildman–Crippen MR) is 72.7 cm³/mol. The van der Waals surface area contributed by atoms with Gasteiger partial charge in [-0.1, -0.05) is 29.8 Å². The normalized spacial score (nSPS) is 15.9. The van der Waals surface area contributed by atoms with Gasteiger partial charge in [-0.3, -0.25) is 9.59 Å². The number of para-hydroxylation sites is 1. The molecule has 0 aliphatic heterocycles. The zero-order valence-electron chi connectivity index (χ0n) is 10.5. The van der Waals surface area contributed by atoms with E-state index in [9.17, 15) is 9.59 Å². The van der Waals surface area contributed by atoms with Crippen molar-refractivity contribution in [1.29, 1.82) is 0 Å². The number of nitrogens with one attached hydrogen (secondary N) is 1. The number of carbonyl (C=O) groups excluding carboxylic acids is 2. The molecular formula is C14H12ClNO3. The van der Waals surface area contributed by atoms with Gasteiger partial charge in [-0.25, -0.2) is 0 Å². The summed E-state index contributed by atoms with van der Waals surface area (Å²) in [6, 6.07) is 9.20. The smallest absolute Gasteiger partial charge is 0.246 e. The highest BCUT2D eigenvalue weighted by atomic mass is 35.5. The second kappa shape index (κ2) is 5.28. The van der Waals surface area contributed by atoms with E-state index in [0.717, 1.165) is 5.69 Å². The van der Waals surface area contributed by atoms with E-state index in [0.29, 0.717) is 11.5 Å². The molecule has 4 nitrogen and oxygen atoms in total. The molecule has 0 radical (unpaired) electrons. The van der Waals surface area contributed by atoms with Crippen LogP contribution in [0.4, 0.5) is 5.69 Å². The van der Waals surface area contributed by atoms with Crippen LogP contribution in [0.25, 0.3) is 0 Å². The zero-order chi connectivity index (χ0) is 14.0. The van der Waals surface area contributed by atoms with E-state index in [-0.39, 0.29) is 10.6 Å². The highest BCUT2D eigenvalue weighted by Crippen LogP contribution is 2.29. The third-order valence-corrected chi connectivity index (χ3v) is 3.14. The summed E-state index contributed by atoms with van der Waals surface area (Å²) in [5.41, 5.74) is 1.31. The molecule has 0 atom stereocenters. The number of allylic oxidation sites excluding steroid dienone is 2. The minimum Gasteiger partial charge on any atom is -0.494 e. The number of Topliss-reactive ketones (excluding diaryl/α,β-unsaturated/α-hetero) is 2. The molecule has 19 heavy (non-hydrogen) atoms. The van der Waals surface area contributed by atoms with E-state index in [1.165, 1.54) is 14.0 Å². The van der Waals surface area contributed by atoms with Gasteiger partial charge in [-0.2, -0.15) is 0 Å². The van der Waals surface area contributed by atoms with Crippen molar-refractivity contribution < 1.29 is 14.3 Å². The molecule has 0 bridgehead atoms. The minimum atomic E-state index is -0.724. The molecule has 1 aromatic carbocycles. The number of methoxy groups -OCH3 is 1. The fourth-order valence-electron chi connectivity index (χ4n) is 1.81. The number of halogens is 1. The fourth-order valence-corrected chi connectivity index (χ4v) is 2.03.